The van der Waals surface area contributed by atoms with E-state index in [2.05, 4.69) is 20.8 Å². The number of anilines is 1. The van der Waals surface area contributed by atoms with E-state index in [4.69, 9.17) is 9.47 Å². The molecule has 0 aliphatic carbocycles. The molecule has 1 heterocycles. The van der Waals surface area contributed by atoms with Crippen LogP contribution >= 0.6 is 0 Å². The third-order valence-electron chi connectivity index (χ3n) is 4.87. The summed E-state index contributed by atoms with van der Waals surface area (Å²) >= 11 is 0. The summed E-state index contributed by atoms with van der Waals surface area (Å²) in [5.74, 6) is 1.68. The van der Waals surface area contributed by atoms with Gasteiger partial charge in [0.25, 0.3) is 5.91 Å². The molecule has 4 aromatic rings. The molecule has 0 fully saturated rings. The number of nitrogens with zero attached hydrogens (tertiary/aromatic N) is 4. The number of tetrazole rings is 1. The summed E-state index contributed by atoms with van der Waals surface area (Å²) in [6.45, 7) is 4.68. The highest BCUT2D eigenvalue weighted by Gasteiger charge is 2.11. The first-order chi connectivity index (χ1) is 16.1. The van der Waals surface area contributed by atoms with E-state index in [1.807, 2.05) is 68.4 Å². The van der Waals surface area contributed by atoms with Crippen molar-refractivity contribution >= 4 is 11.6 Å². The largest absolute Gasteiger partial charge is 0.489 e. The summed E-state index contributed by atoms with van der Waals surface area (Å²) in [5, 5.41) is 14.5. The van der Waals surface area contributed by atoms with Gasteiger partial charge in [0.05, 0.1) is 6.04 Å². The van der Waals surface area contributed by atoms with Crippen molar-refractivity contribution in [2.45, 2.75) is 33.1 Å². The van der Waals surface area contributed by atoms with E-state index in [1.54, 1.807) is 28.9 Å². The van der Waals surface area contributed by atoms with Gasteiger partial charge in [-0.1, -0.05) is 36.4 Å². The molecule has 168 valence electrons. The Kier molecular flexibility index (Phi) is 6.94. The van der Waals surface area contributed by atoms with Gasteiger partial charge in [-0.05, 0) is 72.3 Å². The minimum Gasteiger partial charge on any atom is -0.489 e. The molecule has 1 N–H and O–H groups in total. The first kappa shape index (κ1) is 22.0. The monoisotopic (exact) mass is 443 g/mol. The SMILES string of the molecule is CC(C)n1nnnc1COc1cccc(C(=O)Nc2ccc(OCc3ccccc3)cc2)c1. The van der Waals surface area contributed by atoms with Crippen LogP contribution in [0.5, 0.6) is 11.5 Å². The van der Waals surface area contributed by atoms with E-state index in [-0.39, 0.29) is 18.6 Å². The normalized spacial score (nSPS) is 10.8. The van der Waals surface area contributed by atoms with Crippen LogP contribution < -0.4 is 14.8 Å². The molecular weight excluding hydrogens is 418 g/mol. The van der Waals surface area contributed by atoms with Crippen LogP contribution in [0.4, 0.5) is 5.69 Å². The van der Waals surface area contributed by atoms with Gasteiger partial charge in [-0.2, -0.15) is 0 Å². The van der Waals surface area contributed by atoms with E-state index in [0.29, 0.717) is 29.4 Å². The maximum Gasteiger partial charge on any atom is 0.255 e. The van der Waals surface area contributed by atoms with Crippen molar-refractivity contribution in [3.8, 4) is 11.5 Å². The van der Waals surface area contributed by atoms with Gasteiger partial charge in [-0.3, -0.25) is 4.79 Å². The Labute approximate surface area is 192 Å². The van der Waals surface area contributed by atoms with Crippen molar-refractivity contribution in [2.24, 2.45) is 0 Å². The Morgan fingerprint density at radius 1 is 0.909 bits per heavy atom. The number of hydrogen-bond acceptors (Lipinski definition) is 6. The number of ether oxygens (including phenoxy) is 2. The highest BCUT2D eigenvalue weighted by molar-refractivity contribution is 6.04. The highest BCUT2D eigenvalue weighted by atomic mass is 16.5. The summed E-state index contributed by atoms with van der Waals surface area (Å²) in [6.07, 6.45) is 0. The van der Waals surface area contributed by atoms with Gasteiger partial charge >= 0.3 is 0 Å². The highest BCUT2D eigenvalue weighted by Crippen LogP contribution is 2.20. The zero-order valence-corrected chi connectivity index (χ0v) is 18.5. The molecule has 8 nitrogen and oxygen atoms in total. The molecule has 0 saturated heterocycles. The molecule has 33 heavy (non-hydrogen) atoms. The minimum absolute atomic E-state index is 0.130. The van der Waals surface area contributed by atoms with Crippen LogP contribution in [0.2, 0.25) is 0 Å². The van der Waals surface area contributed by atoms with E-state index in [0.717, 1.165) is 11.3 Å². The van der Waals surface area contributed by atoms with Crippen LogP contribution in [-0.2, 0) is 13.2 Å². The van der Waals surface area contributed by atoms with Gasteiger partial charge in [0.15, 0.2) is 5.82 Å². The molecule has 0 aliphatic heterocycles. The summed E-state index contributed by atoms with van der Waals surface area (Å²) in [4.78, 5) is 12.7. The van der Waals surface area contributed by atoms with Crippen molar-refractivity contribution in [1.82, 2.24) is 20.2 Å². The first-order valence-corrected chi connectivity index (χ1v) is 10.7. The molecule has 0 radical (unpaired) electrons. The fourth-order valence-electron chi connectivity index (χ4n) is 3.16. The van der Waals surface area contributed by atoms with E-state index in [9.17, 15) is 4.79 Å². The summed E-state index contributed by atoms with van der Waals surface area (Å²) in [6, 6.07) is 24.4. The lowest BCUT2D eigenvalue weighted by Crippen LogP contribution is -2.13. The van der Waals surface area contributed by atoms with Crippen molar-refractivity contribution in [2.75, 3.05) is 5.32 Å². The van der Waals surface area contributed by atoms with Gasteiger partial charge < -0.3 is 14.8 Å². The van der Waals surface area contributed by atoms with Gasteiger partial charge in [0, 0.05) is 11.3 Å². The zero-order valence-electron chi connectivity index (χ0n) is 18.5. The van der Waals surface area contributed by atoms with Crippen molar-refractivity contribution in [3.05, 3.63) is 95.8 Å². The maximum atomic E-state index is 12.7. The van der Waals surface area contributed by atoms with Crippen LogP contribution in [0.1, 0.15) is 41.6 Å². The third kappa shape index (κ3) is 5.94. The van der Waals surface area contributed by atoms with Crippen LogP contribution in [0, 0.1) is 0 Å². The molecule has 0 unspecified atom stereocenters. The molecular formula is C25H25N5O3. The number of benzene rings is 3. The molecule has 4 rings (SSSR count). The van der Waals surface area contributed by atoms with Crippen molar-refractivity contribution in [1.29, 1.82) is 0 Å². The Balaban J connectivity index is 1.33. The second kappa shape index (κ2) is 10.4. The van der Waals surface area contributed by atoms with Gasteiger partial charge in [-0.25, -0.2) is 4.68 Å². The van der Waals surface area contributed by atoms with Gasteiger partial charge in [0.1, 0.15) is 24.7 Å². The predicted molar refractivity (Wildman–Crippen MR) is 124 cm³/mol. The number of carbonyl (C=O) groups is 1. The number of hydrogen-bond donors (Lipinski definition) is 1. The van der Waals surface area contributed by atoms with Crippen molar-refractivity contribution < 1.29 is 14.3 Å². The lowest BCUT2D eigenvalue weighted by molar-refractivity contribution is 0.102. The van der Waals surface area contributed by atoms with Gasteiger partial charge in [-0.15, -0.1) is 5.10 Å². The summed E-state index contributed by atoms with van der Waals surface area (Å²) < 4.78 is 13.3. The standard InChI is InChI=1S/C25H25N5O3/c1-18(2)30-24(27-28-29-30)17-33-23-10-6-9-20(15-23)25(31)26-21-11-13-22(14-12-21)32-16-19-7-4-3-5-8-19/h3-15,18H,16-17H2,1-2H3,(H,26,31). The number of carbonyl (C=O) groups excluding carboxylic acids is 1. The summed E-state index contributed by atoms with van der Waals surface area (Å²) in [7, 11) is 0. The number of rotatable bonds is 9. The quantitative estimate of drug-likeness (QED) is 0.404. The lowest BCUT2D eigenvalue weighted by atomic mass is 10.2. The zero-order chi connectivity index (χ0) is 23.0. The Bertz CT molecular complexity index is 1190. The van der Waals surface area contributed by atoms with Crippen molar-refractivity contribution in [3.63, 3.8) is 0 Å². The van der Waals surface area contributed by atoms with E-state index >= 15 is 0 Å². The molecule has 0 spiro atoms. The van der Waals surface area contributed by atoms with Crippen LogP contribution in [0.25, 0.3) is 0 Å². The molecule has 1 amide bonds. The Morgan fingerprint density at radius 3 is 2.42 bits per heavy atom. The van der Waals surface area contributed by atoms with E-state index < -0.39 is 0 Å². The lowest BCUT2D eigenvalue weighted by Gasteiger charge is -2.11. The Morgan fingerprint density at radius 2 is 1.67 bits per heavy atom. The fraction of sp³-hybridized carbons (Fsp3) is 0.200. The molecule has 0 atom stereocenters. The maximum absolute atomic E-state index is 12.7. The predicted octanol–water partition coefficient (Wildman–Crippen LogP) is 4.66. The first-order valence-electron chi connectivity index (χ1n) is 10.7. The third-order valence-corrected chi connectivity index (χ3v) is 4.87. The molecule has 1 aromatic heterocycles. The molecule has 8 heteroatoms. The second-order valence-corrected chi connectivity index (χ2v) is 7.70. The molecule has 0 aliphatic rings. The summed E-state index contributed by atoms with van der Waals surface area (Å²) in [5.41, 5.74) is 2.26. The topological polar surface area (TPSA) is 91.2 Å². The molecule has 0 bridgehead atoms. The second-order valence-electron chi connectivity index (χ2n) is 7.70. The number of amides is 1. The number of nitrogens with one attached hydrogen (secondary N) is 1. The minimum atomic E-state index is -0.231. The smallest absolute Gasteiger partial charge is 0.255 e. The molecule has 3 aromatic carbocycles. The van der Waals surface area contributed by atoms with E-state index in [1.165, 1.54) is 0 Å². The Hall–Kier alpha value is -4.20. The van der Waals surface area contributed by atoms with Crippen LogP contribution in [0.3, 0.4) is 0 Å². The average molecular weight is 444 g/mol. The molecule has 0 saturated carbocycles. The van der Waals surface area contributed by atoms with Gasteiger partial charge in [0.2, 0.25) is 0 Å². The number of aromatic nitrogens is 4. The van der Waals surface area contributed by atoms with Crippen LogP contribution in [-0.4, -0.2) is 26.1 Å². The fourth-order valence-corrected chi connectivity index (χ4v) is 3.16. The average Bonchev–Trinajstić information content (AvgIpc) is 3.32. The van der Waals surface area contributed by atoms with Crippen LogP contribution in [0.15, 0.2) is 78.9 Å².